The van der Waals surface area contributed by atoms with Gasteiger partial charge in [0.1, 0.15) is 6.61 Å². The summed E-state index contributed by atoms with van der Waals surface area (Å²) in [5, 5.41) is 0. The van der Waals surface area contributed by atoms with E-state index in [9.17, 15) is 4.79 Å². The standard InChI is InChI=1S/C14H13NO2.ClH/c15-13-8-4-7-12(9-13)14(16)17-10-11-5-2-1-3-6-11;/h1-9H,10,15H2;1H. The molecule has 0 radical (unpaired) electrons. The molecule has 18 heavy (non-hydrogen) atoms. The number of hydrogen-bond donors (Lipinski definition) is 1. The van der Waals surface area contributed by atoms with Crippen LogP contribution in [0.1, 0.15) is 15.9 Å². The van der Waals surface area contributed by atoms with Crippen molar-refractivity contribution in [2.75, 3.05) is 5.73 Å². The van der Waals surface area contributed by atoms with Crippen molar-refractivity contribution < 1.29 is 9.53 Å². The third-order valence-corrected chi connectivity index (χ3v) is 2.34. The molecule has 0 amide bonds. The number of rotatable bonds is 3. The van der Waals surface area contributed by atoms with E-state index in [4.69, 9.17) is 10.5 Å². The summed E-state index contributed by atoms with van der Waals surface area (Å²) in [5.41, 5.74) is 7.59. The number of anilines is 1. The van der Waals surface area contributed by atoms with E-state index in [1.54, 1.807) is 24.3 Å². The van der Waals surface area contributed by atoms with E-state index in [2.05, 4.69) is 0 Å². The summed E-state index contributed by atoms with van der Waals surface area (Å²) in [6.07, 6.45) is 0. The third-order valence-electron chi connectivity index (χ3n) is 2.34. The Morgan fingerprint density at radius 1 is 1.06 bits per heavy atom. The second-order valence-electron chi connectivity index (χ2n) is 3.69. The molecule has 0 heterocycles. The summed E-state index contributed by atoms with van der Waals surface area (Å²) in [6, 6.07) is 16.3. The second-order valence-corrected chi connectivity index (χ2v) is 3.69. The third kappa shape index (κ3) is 3.79. The van der Waals surface area contributed by atoms with Crippen LogP contribution in [0, 0.1) is 0 Å². The van der Waals surface area contributed by atoms with Gasteiger partial charge in [-0.1, -0.05) is 36.4 Å². The van der Waals surface area contributed by atoms with Crippen molar-refractivity contribution in [3.05, 3.63) is 65.7 Å². The maximum Gasteiger partial charge on any atom is 0.338 e. The van der Waals surface area contributed by atoms with Crippen LogP contribution in [0.25, 0.3) is 0 Å². The maximum atomic E-state index is 11.7. The monoisotopic (exact) mass is 263 g/mol. The number of benzene rings is 2. The lowest BCUT2D eigenvalue weighted by atomic mass is 10.2. The molecule has 94 valence electrons. The first kappa shape index (κ1) is 14.1. The van der Waals surface area contributed by atoms with Gasteiger partial charge in [0.2, 0.25) is 0 Å². The summed E-state index contributed by atoms with van der Waals surface area (Å²) in [5.74, 6) is -0.360. The Morgan fingerprint density at radius 3 is 2.44 bits per heavy atom. The summed E-state index contributed by atoms with van der Waals surface area (Å²) in [7, 11) is 0. The topological polar surface area (TPSA) is 52.3 Å². The minimum Gasteiger partial charge on any atom is -0.457 e. The van der Waals surface area contributed by atoms with Crippen LogP contribution in [0.15, 0.2) is 54.6 Å². The summed E-state index contributed by atoms with van der Waals surface area (Å²) in [6.45, 7) is 0.272. The molecule has 2 aromatic carbocycles. The van der Waals surface area contributed by atoms with Crippen molar-refractivity contribution in [1.29, 1.82) is 0 Å². The fourth-order valence-electron chi connectivity index (χ4n) is 1.47. The van der Waals surface area contributed by atoms with Gasteiger partial charge in [-0.25, -0.2) is 4.79 Å². The number of ether oxygens (including phenoxy) is 1. The van der Waals surface area contributed by atoms with Crippen molar-refractivity contribution >= 4 is 24.1 Å². The maximum absolute atomic E-state index is 11.7. The van der Waals surface area contributed by atoms with Crippen LogP contribution in [0.4, 0.5) is 5.69 Å². The van der Waals surface area contributed by atoms with E-state index < -0.39 is 0 Å². The van der Waals surface area contributed by atoms with Gasteiger partial charge in [0, 0.05) is 5.69 Å². The highest BCUT2D eigenvalue weighted by atomic mass is 35.5. The zero-order valence-corrected chi connectivity index (χ0v) is 10.5. The summed E-state index contributed by atoms with van der Waals surface area (Å²) < 4.78 is 5.17. The molecule has 2 rings (SSSR count). The Kier molecular flexibility index (Phi) is 5.21. The first-order chi connectivity index (χ1) is 8.25. The Morgan fingerprint density at radius 2 is 1.78 bits per heavy atom. The molecular formula is C14H14ClNO2. The molecule has 0 unspecified atom stereocenters. The molecule has 0 saturated heterocycles. The molecule has 2 aromatic rings. The minimum absolute atomic E-state index is 0. The van der Waals surface area contributed by atoms with E-state index in [1.165, 1.54) is 0 Å². The Balaban J connectivity index is 0.00000162. The summed E-state index contributed by atoms with van der Waals surface area (Å²) >= 11 is 0. The molecule has 0 aromatic heterocycles. The molecule has 0 fully saturated rings. The molecule has 0 bridgehead atoms. The van der Waals surface area contributed by atoms with E-state index in [1.807, 2.05) is 30.3 Å². The van der Waals surface area contributed by atoms with Gasteiger partial charge in [0.05, 0.1) is 5.56 Å². The lowest BCUT2D eigenvalue weighted by Crippen LogP contribution is -2.05. The quantitative estimate of drug-likeness (QED) is 0.684. The molecule has 4 heteroatoms. The number of carbonyl (C=O) groups excluding carboxylic acids is 1. The Hall–Kier alpha value is -2.00. The number of hydrogen-bond acceptors (Lipinski definition) is 3. The van der Waals surface area contributed by atoms with E-state index in [0.29, 0.717) is 11.3 Å². The number of carbonyl (C=O) groups is 1. The average molecular weight is 264 g/mol. The van der Waals surface area contributed by atoms with Crippen molar-refractivity contribution in [3.8, 4) is 0 Å². The largest absolute Gasteiger partial charge is 0.457 e. The molecule has 2 N–H and O–H groups in total. The molecule has 0 aliphatic heterocycles. The van der Waals surface area contributed by atoms with Crippen LogP contribution in [0.3, 0.4) is 0 Å². The number of esters is 1. The first-order valence-corrected chi connectivity index (χ1v) is 5.32. The van der Waals surface area contributed by atoms with Crippen LogP contribution in [0.5, 0.6) is 0 Å². The second kappa shape index (κ2) is 6.67. The van der Waals surface area contributed by atoms with Gasteiger partial charge in [0.15, 0.2) is 0 Å². The van der Waals surface area contributed by atoms with Gasteiger partial charge < -0.3 is 10.5 Å². The minimum atomic E-state index is -0.360. The molecule has 0 spiro atoms. The number of nitrogen functional groups attached to an aromatic ring is 1. The van der Waals surface area contributed by atoms with Gasteiger partial charge in [-0.2, -0.15) is 0 Å². The Labute approximate surface area is 112 Å². The fourth-order valence-corrected chi connectivity index (χ4v) is 1.47. The summed E-state index contributed by atoms with van der Waals surface area (Å²) in [4.78, 5) is 11.7. The fraction of sp³-hybridized carbons (Fsp3) is 0.0714. The van der Waals surface area contributed by atoms with Crippen molar-refractivity contribution in [2.45, 2.75) is 6.61 Å². The highest BCUT2D eigenvalue weighted by molar-refractivity contribution is 5.90. The Bertz CT molecular complexity index is 514. The number of halogens is 1. The van der Waals surface area contributed by atoms with Gasteiger partial charge in [-0.05, 0) is 23.8 Å². The van der Waals surface area contributed by atoms with Crippen LogP contribution in [-0.4, -0.2) is 5.97 Å². The predicted octanol–water partition coefficient (Wildman–Crippen LogP) is 3.05. The SMILES string of the molecule is Cl.Nc1cccc(C(=O)OCc2ccccc2)c1. The van der Waals surface area contributed by atoms with Crippen LogP contribution in [-0.2, 0) is 11.3 Å². The van der Waals surface area contributed by atoms with E-state index in [0.717, 1.165) is 5.56 Å². The lowest BCUT2D eigenvalue weighted by Gasteiger charge is -2.05. The van der Waals surface area contributed by atoms with Gasteiger partial charge in [-0.15, -0.1) is 12.4 Å². The van der Waals surface area contributed by atoms with Gasteiger partial charge >= 0.3 is 5.97 Å². The normalized spacial score (nSPS) is 9.33. The highest BCUT2D eigenvalue weighted by Gasteiger charge is 2.06. The van der Waals surface area contributed by atoms with Gasteiger partial charge in [-0.3, -0.25) is 0 Å². The number of nitrogens with two attached hydrogens (primary N) is 1. The van der Waals surface area contributed by atoms with Crippen LogP contribution in [0.2, 0.25) is 0 Å². The first-order valence-electron chi connectivity index (χ1n) is 5.32. The van der Waals surface area contributed by atoms with Crippen molar-refractivity contribution in [3.63, 3.8) is 0 Å². The van der Waals surface area contributed by atoms with Crippen molar-refractivity contribution in [1.82, 2.24) is 0 Å². The smallest absolute Gasteiger partial charge is 0.338 e. The zero-order valence-electron chi connectivity index (χ0n) is 9.71. The zero-order chi connectivity index (χ0) is 12.1. The van der Waals surface area contributed by atoms with Gasteiger partial charge in [0.25, 0.3) is 0 Å². The molecule has 0 atom stereocenters. The molecule has 3 nitrogen and oxygen atoms in total. The molecule has 0 saturated carbocycles. The van der Waals surface area contributed by atoms with Crippen molar-refractivity contribution in [2.24, 2.45) is 0 Å². The lowest BCUT2D eigenvalue weighted by molar-refractivity contribution is 0.0473. The molecule has 0 aliphatic carbocycles. The predicted molar refractivity (Wildman–Crippen MR) is 73.7 cm³/mol. The van der Waals surface area contributed by atoms with E-state index in [-0.39, 0.29) is 25.0 Å². The molecule has 0 aliphatic rings. The van der Waals surface area contributed by atoms with E-state index >= 15 is 0 Å². The highest BCUT2D eigenvalue weighted by Crippen LogP contribution is 2.09. The average Bonchev–Trinajstić information content (AvgIpc) is 2.37. The molecular weight excluding hydrogens is 250 g/mol. The van der Waals surface area contributed by atoms with Crippen LogP contribution >= 0.6 is 12.4 Å². The van der Waals surface area contributed by atoms with Crippen LogP contribution < -0.4 is 5.73 Å².